The molecule has 3 rings (SSSR count). The lowest BCUT2D eigenvalue weighted by Gasteiger charge is -2.32. The summed E-state index contributed by atoms with van der Waals surface area (Å²) >= 11 is 0. The number of rotatable bonds is 4. The number of nitrogens with one attached hydrogen (secondary N) is 1. The predicted octanol–water partition coefficient (Wildman–Crippen LogP) is 1.94. The Hall–Kier alpha value is -2.06. The third kappa shape index (κ3) is 3.24. The quantitative estimate of drug-likeness (QED) is 0.859. The Morgan fingerprint density at radius 3 is 2.44 bits per heavy atom. The minimum absolute atomic E-state index is 0.138. The molecule has 1 fully saturated rings. The van der Waals surface area contributed by atoms with Crippen LogP contribution in [-0.4, -0.2) is 32.7 Å². The predicted molar refractivity (Wildman–Crippen MR) is 97.5 cm³/mol. The van der Waals surface area contributed by atoms with Gasteiger partial charge in [-0.25, -0.2) is 0 Å². The van der Waals surface area contributed by atoms with Gasteiger partial charge in [-0.2, -0.15) is 5.10 Å². The van der Waals surface area contributed by atoms with Crippen molar-refractivity contribution in [3.63, 3.8) is 0 Å². The highest BCUT2D eigenvalue weighted by Gasteiger charge is 2.53. The molecule has 2 aromatic rings. The van der Waals surface area contributed by atoms with Gasteiger partial charge in [0.25, 0.3) is 0 Å². The molecule has 0 saturated carbocycles. The fourth-order valence-corrected chi connectivity index (χ4v) is 2.62. The number of anilines is 1. The molecule has 1 N–H and O–H groups in total. The van der Waals surface area contributed by atoms with Crippen LogP contribution in [0.25, 0.3) is 0 Å². The fourth-order valence-electron chi connectivity index (χ4n) is 2.62. The Labute approximate surface area is 148 Å². The maximum absolute atomic E-state index is 12.8. The van der Waals surface area contributed by atoms with E-state index in [4.69, 9.17) is 9.31 Å². The second-order valence-electron chi connectivity index (χ2n) is 7.46. The first-order valence-corrected chi connectivity index (χ1v) is 8.41. The maximum Gasteiger partial charge on any atom is 0.601 e. The van der Waals surface area contributed by atoms with Gasteiger partial charge in [0.2, 0.25) is 5.56 Å². The monoisotopic (exact) mass is 344 g/mol. The summed E-state index contributed by atoms with van der Waals surface area (Å²) in [5.74, 6) is 0.741. The molecule has 0 aliphatic carbocycles. The van der Waals surface area contributed by atoms with Crippen LogP contribution >= 0.6 is 0 Å². The largest absolute Gasteiger partial charge is 0.601 e. The molecule has 1 aliphatic heterocycles. The molecule has 0 bridgehead atoms. The molecule has 8 heteroatoms. The van der Waals surface area contributed by atoms with Crippen molar-refractivity contribution < 1.29 is 9.31 Å². The average Bonchev–Trinajstić information content (AvgIpc) is 2.94. The Morgan fingerprint density at radius 2 is 1.88 bits per heavy atom. The number of hydrogen-bond acceptors (Lipinski definition) is 5. The van der Waals surface area contributed by atoms with Crippen molar-refractivity contribution in [2.45, 2.75) is 52.4 Å². The SMILES string of the molecule is Cc1cc(NCc2cccn(B3OC(C)(C)C(C)(C)O3)c2=O)nn1C. The van der Waals surface area contributed by atoms with Crippen molar-refractivity contribution in [3.05, 3.63) is 46.0 Å². The normalized spacial score (nSPS) is 18.6. The van der Waals surface area contributed by atoms with Gasteiger partial charge in [-0.1, -0.05) is 6.07 Å². The Balaban J connectivity index is 1.80. The van der Waals surface area contributed by atoms with Gasteiger partial charge >= 0.3 is 7.25 Å². The van der Waals surface area contributed by atoms with Crippen LogP contribution in [0.4, 0.5) is 5.82 Å². The van der Waals surface area contributed by atoms with Gasteiger partial charge in [0.1, 0.15) is 5.82 Å². The van der Waals surface area contributed by atoms with E-state index in [1.165, 1.54) is 4.48 Å². The van der Waals surface area contributed by atoms with Gasteiger partial charge in [-0.15, -0.1) is 0 Å². The lowest BCUT2D eigenvalue weighted by molar-refractivity contribution is 0.00578. The van der Waals surface area contributed by atoms with E-state index < -0.39 is 18.5 Å². The molecular weight excluding hydrogens is 319 g/mol. The van der Waals surface area contributed by atoms with E-state index >= 15 is 0 Å². The molecule has 2 aromatic heterocycles. The molecule has 0 radical (unpaired) electrons. The van der Waals surface area contributed by atoms with Crippen LogP contribution in [0.2, 0.25) is 0 Å². The molecule has 25 heavy (non-hydrogen) atoms. The van der Waals surface area contributed by atoms with Crippen molar-refractivity contribution in [3.8, 4) is 0 Å². The topological polar surface area (TPSA) is 70.3 Å². The van der Waals surface area contributed by atoms with Crippen LogP contribution in [0.15, 0.2) is 29.2 Å². The summed E-state index contributed by atoms with van der Waals surface area (Å²) in [5, 5.41) is 7.53. The molecule has 0 unspecified atom stereocenters. The van der Waals surface area contributed by atoms with E-state index in [0.29, 0.717) is 12.1 Å². The first kappa shape index (κ1) is 17.8. The molecule has 1 aliphatic rings. The van der Waals surface area contributed by atoms with Crippen LogP contribution in [0.1, 0.15) is 39.0 Å². The Morgan fingerprint density at radius 1 is 1.24 bits per heavy atom. The third-order valence-corrected chi connectivity index (χ3v) is 5.09. The minimum atomic E-state index is -0.727. The highest BCUT2D eigenvalue weighted by atomic mass is 16.7. The molecular formula is C17H25BN4O3. The highest BCUT2D eigenvalue weighted by Crippen LogP contribution is 2.36. The third-order valence-electron chi connectivity index (χ3n) is 5.09. The summed E-state index contributed by atoms with van der Waals surface area (Å²) < 4.78 is 15.2. The summed E-state index contributed by atoms with van der Waals surface area (Å²) in [6.07, 6.45) is 1.69. The van der Waals surface area contributed by atoms with Crippen LogP contribution < -0.4 is 10.9 Å². The second-order valence-corrected chi connectivity index (χ2v) is 7.46. The average molecular weight is 344 g/mol. The van der Waals surface area contributed by atoms with Crippen LogP contribution in [0.5, 0.6) is 0 Å². The van der Waals surface area contributed by atoms with E-state index in [1.54, 1.807) is 16.9 Å². The smallest absolute Gasteiger partial charge is 0.384 e. The molecule has 0 aromatic carbocycles. The number of pyridine rings is 1. The van der Waals surface area contributed by atoms with Crippen molar-refractivity contribution in [2.75, 3.05) is 5.32 Å². The number of aromatic nitrogens is 3. The standard InChI is InChI=1S/C17H25BN4O3/c1-12-10-14(20-21(12)6)19-11-13-8-7-9-22(15(13)23)18-24-16(2,3)17(4,5)25-18/h7-10H,11H2,1-6H3,(H,19,20). The zero-order chi connectivity index (χ0) is 18.4. The van der Waals surface area contributed by atoms with Crippen LogP contribution in [-0.2, 0) is 22.9 Å². The summed E-state index contributed by atoms with van der Waals surface area (Å²) in [6.45, 7) is 10.2. The minimum Gasteiger partial charge on any atom is -0.384 e. The van der Waals surface area contributed by atoms with E-state index in [1.807, 2.05) is 53.8 Å². The van der Waals surface area contributed by atoms with Gasteiger partial charge in [-0.05, 0) is 46.9 Å². The lowest BCUT2D eigenvalue weighted by Crippen LogP contribution is -2.41. The zero-order valence-electron chi connectivity index (χ0n) is 15.7. The lowest BCUT2D eigenvalue weighted by atomic mass is 9.90. The van der Waals surface area contributed by atoms with Gasteiger partial charge in [0, 0.05) is 30.9 Å². The second kappa shape index (κ2) is 6.03. The van der Waals surface area contributed by atoms with E-state index in [2.05, 4.69) is 10.4 Å². The van der Waals surface area contributed by atoms with E-state index in [9.17, 15) is 4.79 Å². The number of nitrogens with zero attached hydrogens (tertiary/aromatic N) is 3. The van der Waals surface area contributed by atoms with Crippen molar-refractivity contribution in [2.24, 2.45) is 7.05 Å². The first-order chi connectivity index (χ1) is 11.6. The fraction of sp³-hybridized carbons (Fsp3) is 0.529. The van der Waals surface area contributed by atoms with Gasteiger partial charge < -0.3 is 19.1 Å². The van der Waals surface area contributed by atoms with Crippen molar-refractivity contribution in [1.29, 1.82) is 0 Å². The van der Waals surface area contributed by atoms with Crippen LogP contribution in [0.3, 0.4) is 0 Å². The Bertz CT molecular complexity index is 805. The summed E-state index contributed by atoms with van der Waals surface area (Å²) in [5.41, 5.74) is 0.556. The molecule has 7 nitrogen and oxygen atoms in total. The summed E-state index contributed by atoms with van der Waals surface area (Å²) in [4.78, 5) is 12.8. The van der Waals surface area contributed by atoms with Gasteiger partial charge in [0.15, 0.2) is 0 Å². The molecule has 0 atom stereocenters. The molecule has 0 spiro atoms. The maximum atomic E-state index is 12.8. The summed E-state index contributed by atoms with van der Waals surface area (Å²) in [6, 6.07) is 5.57. The number of aryl methyl sites for hydroxylation is 2. The highest BCUT2D eigenvalue weighted by molar-refractivity contribution is 6.43. The first-order valence-electron chi connectivity index (χ1n) is 8.41. The van der Waals surface area contributed by atoms with E-state index in [0.717, 1.165) is 11.5 Å². The van der Waals surface area contributed by atoms with Gasteiger partial charge in [0.05, 0.1) is 11.2 Å². The number of hydrogen-bond donors (Lipinski definition) is 1. The Kier molecular flexibility index (Phi) is 4.29. The van der Waals surface area contributed by atoms with Gasteiger partial charge in [-0.3, -0.25) is 9.48 Å². The van der Waals surface area contributed by atoms with Crippen molar-refractivity contribution >= 4 is 13.1 Å². The molecule has 3 heterocycles. The van der Waals surface area contributed by atoms with Crippen molar-refractivity contribution in [1.82, 2.24) is 14.3 Å². The molecule has 1 saturated heterocycles. The zero-order valence-corrected chi connectivity index (χ0v) is 15.7. The van der Waals surface area contributed by atoms with E-state index in [-0.39, 0.29) is 5.56 Å². The molecule has 0 amide bonds. The van der Waals surface area contributed by atoms with Crippen LogP contribution in [0, 0.1) is 6.92 Å². The summed E-state index contributed by atoms with van der Waals surface area (Å²) in [7, 11) is 1.16. The molecule has 134 valence electrons.